The quantitative estimate of drug-likeness (QED) is 0.0994. The van der Waals surface area contributed by atoms with Gasteiger partial charge in [-0.1, -0.05) is 0 Å². The summed E-state index contributed by atoms with van der Waals surface area (Å²) >= 11 is 0. The molecule has 0 bridgehead atoms. The lowest BCUT2D eigenvalue weighted by Gasteiger charge is -2.40. The third-order valence-corrected chi connectivity index (χ3v) is 6.27. The minimum Gasteiger partial charge on any atom is -0.462 e. The molecule has 2 heterocycles. The van der Waals surface area contributed by atoms with E-state index < -0.39 is 56.9 Å². The van der Waals surface area contributed by atoms with Crippen molar-refractivity contribution in [3.63, 3.8) is 0 Å². The van der Waals surface area contributed by atoms with Crippen LogP contribution in [0.2, 0.25) is 0 Å². The molecule has 0 aromatic heterocycles. The molecule has 0 amide bonds. The third kappa shape index (κ3) is 6.00. The number of hydrogen-bond donors (Lipinski definition) is 5. The molecule has 0 spiro atoms. The van der Waals surface area contributed by atoms with Crippen LogP contribution in [0.4, 0.5) is 17.1 Å². The van der Waals surface area contributed by atoms with Gasteiger partial charge in [0.15, 0.2) is 6.79 Å². The Hall–Kier alpha value is -2.65. The van der Waals surface area contributed by atoms with E-state index in [1.165, 1.54) is 6.07 Å². The van der Waals surface area contributed by atoms with Crippen molar-refractivity contribution < 1.29 is 53.3 Å². The van der Waals surface area contributed by atoms with E-state index in [0.29, 0.717) is 18.7 Å². The normalized spacial score (nSPS) is 26.0. The summed E-state index contributed by atoms with van der Waals surface area (Å²) in [6.45, 7) is -0.551. The van der Waals surface area contributed by atoms with Crippen LogP contribution >= 0.6 is 7.82 Å². The fourth-order valence-corrected chi connectivity index (χ4v) is 4.24. The standard InChI is InChI=1S/C21H25N2O12P/c24-18-17(10-32-11-33-36(29,30)31)35-21(20(26)19(18)25)34-15-4-1-13(2-5-15)22-8-7-12-9-14(23(27)28)3-6-16(12)22/h1-6,9,17-21,24-26H,7-8,10-11H2,(H2,29,30,31)/t17-,18-,19+,20+,21+/m1/s1. The van der Waals surface area contributed by atoms with Crippen molar-refractivity contribution in [2.24, 2.45) is 0 Å². The number of phosphoric acid groups is 1. The SMILES string of the molecule is O=[N+]([O-])c1ccc2c(c1)CCN2c1ccc(O[C@H]2O[C@H](COCOP(=O)(O)O)[C@@H](O)[C@H](O)[C@@H]2O)cc1. The maximum Gasteiger partial charge on any atom is 0.471 e. The average Bonchev–Trinajstić information content (AvgIpc) is 3.26. The molecule has 0 unspecified atom stereocenters. The lowest BCUT2D eigenvalue weighted by molar-refractivity contribution is -0.384. The Morgan fingerprint density at radius 3 is 2.47 bits per heavy atom. The molecule has 2 aliphatic heterocycles. The van der Waals surface area contributed by atoms with Gasteiger partial charge in [0, 0.05) is 30.1 Å². The fraction of sp³-hybridized carbons (Fsp3) is 0.429. The first-order valence-electron chi connectivity index (χ1n) is 10.8. The molecule has 196 valence electrons. The number of aliphatic hydroxyl groups is 3. The summed E-state index contributed by atoms with van der Waals surface area (Å²) in [5.41, 5.74) is 2.58. The van der Waals surface area contributed by atoms with E-state index in [4.69, 9.17) is 24.0 Å². The summed E-state index contributed by atoms with van der Waals surface area (Å²) in [4.78, 5) is 29.9. The zero-order valence-corrected chi connectivity index (χ0v) is 19.6. The molecule has 15 heteroatoms. The first kappa shape index (κ1) is 26.4. The first-order valence-corrected chi connectivity index (χ1v) is 12.4. The molecule has 1 fully saturated rings. The van der Waals surface area contributed by atoms with Crippen LogP contribution in [-0.4, -0.2) is 80.7 Å². The predicted octanol–water partition coefficient (Wildman–Crippen LogP) is 0.559. The van der Waals surface area contributed by atoms with Crippen molar-refractivity contribution in [1.82, 2.24) is 0 Å². The smallest absolute Gasteiger partial charge is 0.462 e. The second-order valence-corrected chi connectivity index (χ2v) is 9.45. The Morgan fingerprint density at radius 1 is 1.08 bits per heavy atom. The van der Waals surface area contributed by atoms with Gasteiger partial charge in [-0.3, -0.25) is 14.6 Å². The summed E-state index contributed by atoms with van der Waals surface area (Å²) < 4.78 is 30.9. The van der Waals surface area contributed by atoms with Gasteiger partial charge in [0.05, 0.1) is 11.5 Å². The molecule has 14 nitrogen and oxygen atoms in total. The van der Waals surface area contributed by atoms with Gasteiger partial charge in [-0.05, 0) is 42.3 Å². The number of phosphoric ester groups is 1. The Labute approximate surface area is 204 Å². The van der Waals surface area contributed by atoms with Crippen LogP contribution in [0.15, 0.2) is 42.5 Å². The summed E-state index contributed by atoms with van der Waals surface area (Å²) in [6.07, 6.45) is -6.69. The molecule has 2 aromatic carbocycles. The van der Waals surface area contributed by atoms with Gasteiger partial charge in [0.25, 0.3) is 5.69 Å². The van der Waals surface area contributed by atoms with Gasteiger partial charge >= 0.3 is 7.82 Å². The Bertz CT molecular complexity index is 1130. The van der Waals surface area contributed by atoms with Crippen LogP contribution in [0.25, 0.3) is 0 Å². The summed E-state index contributed by atoms with van der Waals surface area (Å²) in [7, 11) is -4.74. The van der Waals surface area contributed by atoms with E-state index in [9.17, 15) is 30.0 Å². The molecule has 2 aromatic rings. The minimum atomic E-state index is -4.74. The number of benzene rings is 2. The van der Waals surface area contributed by atoms with E-state index in [-0.39, 0.29) is 5.69 Å². The Morgan fingerprint density at radius 2 is 1.81 bits per heavy atom. The van der Waals surface area contributed by atoms with Crippen molar-refractivity contribution in [3.05, 3.63) is 58.1 Å². The zero-order valence-electron chi connectivity index (χ0n) is 18.7. The van der Waals surface area contributed by atoms with E-state index >= 15 is 0 Å². The number of aliphatic hydroxyl groups excluding tert-OH is 3. The van der Waals surface area contributed by atoms with Gasteiger partial charge in [-0.25, -0.2) is 4.57 Å². The van der Waals surface area contributed by atoms with Gasteiger partial charge in [-0.15, -0.1) is 0 Å². The van der Waals surface area contributed by atoms with E-state index in [1.807, 2.05) is 4.90 Å². The highest BCUT2D eigenvalue weighted by molar-refractivity contribution is 7.46. The van der Waals surface area contributed by atoms with Crippen molar-refractivity contribution in [3.8, 4) is 5.75 Å². The highest BCUT2D eigenvalue weighted by Gasteiger charge is 2.45. The van der Waals surface area contributed by atoms with Gasteiger partial charge in [-0.2, -0.15) is 0 Å². The average molecular weight is 528 g/mol. The van der Waals surface area contributed by atoms with Crippen molar-refractivity contribution >= 4 is 24.9 Å². The predicted molar refractivity (Wildman–Crippen MR) is 122 cm³/mol. The van der Waals surface area contributed by atoms with Crippen LogP contribution in [-0.2, 0) is 25.0 Å². The van der Waals surface area contributed by atoms with Crippen LogP contribution < -0.4 is 9.64 Å². The lowest BCUT2D eigenvalue weighted by atomic mass is 9.99. The summed E-state index contributed by atoms with van der Waals surface area (Å²) in [6, 6.07) is 11.5. The fourth-order valence-electron chi connectivity index (χ4n) is 4.03. The molecule has 4 rings (SSSR count). The molecule has 36 heavy (non-hydrogen) atoms. The van der Waals surface area contributed by atoms with Crippen molar-refractivity contribution in [1.29, 1.82) is 0 Å². The molecule has 2 aliphatic rings. The number of nitrogens with zero attached hydrogens (tertiary/aromatic N) is 2. The number of fused-ring (bicyclic) bond motifs is 1. The first-order chi connectivity index (χ1) is 17.0. The van der Waals surface area contributed by atoms with Crippen LogP contribution in [0, 0.1) is 10.1 Å². The number of hydrogen-bond acceptors (Lipinski definition) is 11. The highest BCUT2D eigenvalue weighted by Crippen LogP contribution is 2.37. The number of anilines is 2. The number of rotatable bonds is 9. The molecule has 0 saturated carbocycles. The molecular formula is C21H25N2O12P. The van der Waals surface area contributed by atoms with Crippen LogP contribution in [0.5, 0.6) is 5.75 Å². The molecule has 0 radical (unpaired) electrons. The lowest BCUT2D eigenvalue weighted by Crippen LogP contribution is -2.60. The Kier molecular flexibility index (Phi) is 7.90. The second-order valence-electron chi connectivity index (χ2n) is 8.21. The van der Waals surface area contributed by atoms with Gasteiger partial charge < -0.3 is 44.2 Å². The van der Waals surface area contributed by atoms with E-state index in [0.717, 1.165) is 16.9 Å². The third-order valence-electron chi connectivity index (χ3n) is 5.82. The second kappa shape index (κ2) is 10.8. The van der Waals surface area contributed by atoms with Crippen LogP contribution in [0.3, 0.4) is 0 Å². The monoisotopic (exact) mass is 528 g/mol. The molecule has 5 N–H and O–H groups in total. The number of non-ortho nitro benzene ring substituents is 1. The highest BCUT2D eigenvalue weighted by atomic mass is 31.2. The van der Waals surface area contributed by atoms with Crippen molar-refractivity contribution in [2.45, 2.75) is 37.1 Å². The van der Waals surface area contributed by atoms with Gasteiger partial charge in [0.1, 0.15) is 30.2 Å². The van der Waals surface area contributed by atoms with Crippen molar-refractivity contribution in [2.75, 3.05) is 24.8 Å². The Balaban J connectivity index is 1.39. The zero-order chi connectivity index (χ0) is 26.0. The number of nitro groups is 1. The number of nitro benzene ring substituents is 1. The summed E-state index contributed by atoms with van der Waals surface area (Å²) in [5.74, 6) is 0.291. The van der Waals surface area contributed by atoms with E-state index in [1.54, 1.807) is 36.4 Å². The topological polar surface area (TPSA) is 202 Å². The van der Waals surface area contributed by atoms with E-state index in [2.05, 4.69) is 4.52 Å². The molecule has 1 saturated heterocycles. The maximum atomic E-state index is 11.0. The molecule has 0 aliphatic carbocycles. The maximum absolute atomic E-state index is 11.0. The van der Waals surface area contributed by atoms with Gasteiger partial charge in [0.2, 0.25) is 6.29 Å². The number of ether oxygens (including phenoxy) is 3. The summed E-state index contributed by atoms with van der Waals surface area (Å²) in [5, 5.41) is 41.6. The van der Waals surface area contributed by atoms with Crippen LogP contribution in [0.1, 0.15) is 5.56 Å². The molecule has 5 atom stereocenters. The molecular weight excluding hydrogens is 503 g/mol. The minimum absolute atomic E-state index is 0.0377. The largest absolute Gasteiger partial charge is 0.471 e.